The molecule has 0 aliphatic heterocycles. The van der Waals surface area contributed by atoms with E-state index in [1.54, 1.807) is 25.1 Å². The first-order valence-corrected chi connectivity index (χ1v) is 13.6. The second-order valence-corrected chi connectivity index (χ2v) is 11.7. The van der Waals surface area contributed by atoms with Gasteiger partial charge in [0.2, 0.25) is 11.8 Å². The molecule has 0 bridgehead atoms. The van der Waals surface area contributed by atoms with Gasteiger partial charge in [-0.3, -0.25) is 9.78 Å². The van der Waals surface area contributed by atoms with Crippen LogP contribution >= 0.6 is 23.2 Å². The predicted octanol–water partition coefficient (Wildman–Crippen LogP) is 5.72. The van der Waals surface area contributed by atoms with Crippen molar-refractivity contribution in [2.75, 3.05) is 11.1 Å². The van der Waals surface area contributed by atoms with Crippen LogP contribution in [0.3, 0.4) is 0 Å². The maximum atomic E-state index is 13.6. The lowest BCUT2D eigenvalue weighted by molar-refractivity contribution is -0.115. The lowest BCUT2D eigenvalue weighted by Crippen LogP contribution is -2.16. The third kappa shape index (κ3) is 4.58. The molecule has 11 heteroatoms. The van der Waals surface area contributed by atoms with Gasteiger partial charge < -0.3 is 9.73 Å². The third-order valence-corrected chi connectivity index (χ3v) is 8.51. The van der Waals surface area contributed by atoms with Crippen molar-refractivity contribution in [2.45, 2.75) is 36.5 Å². The highest BCUT2D eigenvalue weighted by Crippen LogP contribution is 2.57. The molecule has 2 aromatic carbocycles. The molecule has 0 atom stereocenters. The molecule has 1 fully saturated rings. The van der Waals surface area contributed by atoms with Gasteiger partial charge in [0.05, 0.1) is 22.5 Å². The first-order valence-electron chi connectivity index (χ1n) is 11.1. The average Bonchev–Trinajstić information content (AvgIpc) is 3.50. The number of amides is 1. The number of nitrogens with zero attached hydrogens (tertiary/aromatic N) is 2. The van der Waals surface area contributed by atoms with Gasteiger partial charge in [0.1, 0.15) is 11.3 Å². The summed E-state index contributed by atoms with van der Waals surface area (Å²) in [5.74, 6) is -0.389. The van der Waals surface area contributed by atoms with E-state index in [2.05, 4.69) is 15.3 Å². The van der Waals surface area contributed by atoms with Crippen molar-refractivity contribution >= 4 is 55.7 Å². The Balaban J connectivity index is 1.34. The summed E-state index contributed by atoms with van der Waals surface area (Å²) in [7, 11) is -3.36. The van der Waals surface area contributed by atoms with Crippen LogP contribution in [0.1, 0.15) is 36.9 Å². The molecule has 1 saturated carbocycles. The van der Waals surface area contributed by atoms with Crippen LogP contribution in [-0.4, -0.2) is 30.0 Å². The highest BCUT2D eigenvalue weighted by Gasteiger charge is 2.52. The number of pyridine rings is 1. The average molecular weight is 548 g/mol. The Morgan fingerprint density at radius 1 is 1.14 bits per heavy atom. The lowest BCUT2D eigenvalue weighted by atomic mass is 9.95. The summed E-state index contributed by atoms with van der Waals surface area (Å²) in [5, 5.41) is 3.43. The van der Waals surface area contributed by atoms with Crippen molar-refractivity contribution < 1.29 is 22.0 Å². The van der Waals surface area contributed by atoms with Crippen molar-refractivity contribution in [3.8, 4) is 0 Å². The smallest absolute Gasteiger partial charge is 0.230 e. The molecule has 0 unspecified atom stereocenters. The summed E-state index contributed by atoms with van der Waals surface area (Å²) in [6, 6.07) is 10.3. The van der Waals surface area contributed by atoms with Crippen molar-refractivity contribution in [2.24, 2.45) is 0 Å². The molecule has 7 nitrogen and oxygen atoms in total. The van der Waals surface area contributed by atoms with Gasteiger partial charge in [0, 0.05) is 39.3 Å². The minimum atomic E-state index is -3.36. The predicted molar refractivity (Wildman–Crippen MR) is 135 cm³/mol. The highest BCUT2D eigenvalue weighted by molar-refractivity contribution is 7.91. The molecule has 0 saturated heterocycles. The van der Waals surface area contributed by atoms with Crippen molar-refractivity contribution in [1.29, 1.82) is 0 Å². The number of oxazole rings is 1. The van der Waals surface area contributed by atoms with E-state index in [4.69, 9.17) is 27.6 Å². The number of nitrogens with one attached hydrogen (secondary N) is 1. The second-order valence-electron chi connectivity index (χ2n) is 8.64. The Morgan fingerprint density at radius 3 is 2.47 bits per heavy atom. The number of rotatable bonds is 7. The van der Waals surface area contributed by atoms with Gasteiger partial charge in [-0.25, -0.2) is 17.8 Å². The molecule has 4 aromatic rings. The number of aromatic nitrogens is 2. The maximum absolute atomic E-state index is 13.6. The summed E-state index contributed by atoms with van der Waals surface area (Å²) in [4.78, 5) is 21.3. The summed E-state index contributed by atoms with van der Waals surface area (Å²) in [6.45, 7) is 1.55. The summed E-state index contributed by atoms with van der Waals surface area (Å²) >= 11 is 13.2. The van der Waals surface area contributed by atoms with E-state index in [0.717, 1.165) is 0 Å². The van der Waals surface area contributed by atoms with Crippen LogP contribution in [0.15, 0.2) is 58.0 Å². The Kier molecular flexibility index (Phi) is 6.26. The fourth-order valence-electron chi connectivity index (χ4n) is 4.14. The van der Waals surface area contributed by atoms with Crippen LogP contribution in [-0.2, 0) is 26.5 Å². The fourth-order valence-corrected chi connectivity index (χ4v) is 5.81. The topological polar surface area (TPSA) is 102 Å². The number of hydrogen-bond donors (Lipinski definition) is 1. The molecule has 36 heavy (non-hydrogen) atoms. The molecular formula is C25H20Cl2FN3O4S. The summed E-state index contributed by atoms with van der Waals surface area (Å²) < 4.78 is 43.3. The molecule has 5 rings (SSSR count). The lowest BCUT2D eigenvalue weighted by Gasteiger charge is -2.17. The molecular weight excluding hydrogens is 528 g/mol. The highest BCUT2D eigenvalue weighted by atomic mass is 35.5. The molecule has 1 N–H and O–H groups in total. The number of carbonyl (C=O) groups excluding carboxylic acids is 1. The minimum absolute atomic E-state index is 0.0295. The number of hydrogen-bond acceptors (Lipinski definition) is 6. The number of benzene rings is 2. The summed E-state index contributed by atoms with van der Waals surface area (Å²) in [5.41, 5.74) is 1.74. The van der Waals surface area contributed by atoms with Crippen molar-refractivity contribution in [3.63, 3.8) is 0 Å². The standard InChI is InChI=1S/C25H20Cl2FN3O4S/c1-2-36(33,34)17-5-4-15(29-13-17)12-22(32)30-16-10-18(26)23(19(27)11-16)25(7-8-25)24-31-20-6-3-14(28)9-21(20)35-24/h3-6,9-11,13H,2,7-8,12H2,1H3,(H,30,32). The van der Waals surface area contributed by atoms with E-state index >= 15 is 0 Å². The Labute approximate surface area is 216 Å². The van der Waals surface area contributed by atoms with E-state index in [9.17, 15) is 17.6 Å². The quantitative estimate of drug-likeness (QED) is 0.317. The molecule has 2 heterocycles. The first kappa shape index (κ1) is 24.7. The molecule has 1 aliphatic rings. The van der Waals surface area contributed by atoms with Crippen molar-refractivity contribution in [1.82, 2.24) is 9.97 Å². The monoisotopic (exact) mass is 547 g/mol. The first-order chi connectivity index (χ1) is 17.1. The van der Waals surface area contributed by atoms with Gasteiger partial charge in [-0.05, 0) is 49.2 Å². The maximum Gasteiger partial charge on any atom is 0.230 e. The van der Waals surface area contributed by atoms with Gasteiger partial charge in [-0.1, -0.05) is 30.1 Å². The molecule has 1 amide bonds. The van der Waals surface area contributed by atoms with E-state index < -0.39 is 21.1 Å². The molecule has 2 aromatic heterocycles. The SMILES string of the molecule is CCS(=O)(=O)c1ccc(CC(=O)Nc2cc(Cl)c(C3(c4nc5ccc(F)cc5o4)CC3)c(Cl)c2)nc1. The molecule has 186 valence electrons. The zero-order chi connectivity index (χ0) is 25.7. The Bertz CT molecular complexity index is 1580. The number of anilines is 1. The zero-order valence-corrected chi connectivity index (χ0v) is 21.3. The van der Waals surface area contributed by atoms with E-state index in [1.807, 2.05) is 0 Å². The van der Waals surface area contributed by atoms with E-state index in [0.29, 0.717) is 56.8 Å². The van der Waals surface area contributed by atoms with Crippen LogP contribution in [0.2, 0.25) is 10.0 Å². The number of carbonyl (C=O) groups is 1. The largest absolute Gasteiger partial charge is 0.440 e. The van der Waals surface area contributed by atoms with Gasteiger partial charge in [0.15, 0.2) is 15.4 Å². The Hall–Kier alpha value is -3.01. The molecule has 0 radical (unpaired) electrons. The van der Waals surface area contributed by atoms with Crippen LogP contribution in [0.4, 0.5) is 10.1 Å². The van der Waals surface area contributed by atoms with Crippen LogP contribution in [0, 0.1) is 5.82 Å². The van der Waals surface area contributed by atoms with Crippen molar-refractivity contribution in [3.05, 3.63) is 81.7 Å². The fraction of sp³-hybridized carbons (Fsp3) is 0.240. The van der Waals surface area contributed by atoms with Gasteiger partial charge in [-0.2, -0.15) is 0 Å². The molecule has 0 spiro atoms. The van der Waals surface area contributed by atoms with Crippen LogP contribution in [0.5, 0.6) is 0 Å². The minimum Gasteiger partial charge on any atom is -0.440 e. The summed E-state index contributed by atoms with van der Waals surface area (Å²) in [6.07, 6.45) is 2.61. The normalized spacial score (nSPS) is 14.7. The second kappa shape index (κ2) is 9.14. The van der Waals surface area contributed by atoms with Gasteiger partial charge in [-0.15, -0.1) is 0 Å². The number of halogens is 3. The van der Waals surface area contributed by atoms with E-state index in [1.165, 1.54) is 30.5 Å². The van der Waals surface area contributed by atoms with Gasteiger partial charge in [0.25, 0.3) is 0 Å². The molecule has 1 aliphatic carbocycles. The van der Waals surface area contributed by atoms with Crippen LogP contribution < -0.4 is 5.32 Å². The van der Waals surface area contributed by atoms with Gasteiger partial charge >= 0.3 is 0 Å². The third-order valence-electron chi connectivity index (χ3n) is 6.19. The van der Waals surface area contributed by atoms with E-state index in [-0.39, 0.29) is 23.0 Å². The number of sulfone groups is 1. The van der Waals surface area contributed by atoms with Crippen LogP contribution in [0.25, 0.3) is 11.1 Å². The number of fused-ring (bicyclic) bond motifs is 1. The Morgan fingerprint density at radius 2 is 1.86 bits per heavy atom. The zero-order valence-electron chi connectivity index (χ0n) is 19.0.